The molecule has 0 aromatic heterocycles. The van der Waals surface area contributed by atoms with Crippen LogP contribution < -0.4 is 5.73 Å². The summed E-state index contributed by atoms with van der Waals surface area (Å²) in [5.74, 6) is -1.94. The number of oxime groups is 1. The molecule has 1 aliphatic rings. The van der Waals surface area contributed by atoms with Gasteiger partial charge < -0.3 is 20.9 Å². The second-order valence-electron chi connectivity index (χ2n) is 4.75. The molecule has 0 saturated carbocycles. The van der Waals surface area contributed by atoms with E-state index in [1.807, 2.05) is 0 Å². The number of amides is 1. The van der Waals surface area contributed by atoms with E-state index in [4.69, 9.17) is 10.9 Å². The van der Waals surface area contributed by atoms with Gasteiger partial charge in [0.15, 0.2) is 0 Å². The van der Waals surface area contributed by atoms with Gasteiger partial charge in [0.1, 0.15) is 23.0 Å². The van der Waals surface area contributed by atoms with Gasteiger partial charge in [-0.25, -0.2) is 4.39 Å². The quantitative estimate of drug-likeness (QED) is 0.327. The molecule has 4 N–H and O–H groups in total. The Hall–Kier alpha value is -2.31. The van der Waals surface area contributed by atoms with Gasteiger partial charge in [-0.15, -0.1) is 0 Å². The number of halogens is 1. The molecule has 1 fully saturated rings. The fourth-order valence-electron chi connectivity index (χ4n) is 2.37. The summed E-state index contributed by atoms with van der Waals surface area (Å²) in [4.78, 5) is 13.7. The molecule has 1 aromatic carbocycles. The van der Waals surface area contributed by atoms with Crippen molar-refractivity contribution < 1.29 is 19.5 Å². The Kier molecular flexibility index (Phi) is 4.07. The van der Waals surface area contributed by atoms with Crippen LogP contribution >= 0.6 is 0 Å². The number of carbonyl (C=O) groups excluding carboxylic acids is 1. The van der Waals surface area contributed by atoms with Crippen LogP contribution in [0.4, 0.5) is 4.39 Å². The number of carbonyl (C=O) groups is 1. The summed E-state index contributed by atoms with van der Waals surface area (Å²) < 4.78 is 13.7. The molecule has 1 atom stereocenters. The maximum Gasteiger partial charge on any atom is 0.260 e. The molecule has 2 rings (SSSR count). The second-order valence-corrected chi connectivity index (χ2v) is 4.75. The fourth-order valence-corrected chi connectivity index (χ4v) is 2.37. The van der Waals surface area contributed by atoms with Crippen LogP contribution in [0.3, 0.4) is 0 Å². The Morgan fingerprint density at radius 1 is 1.50 bits per heavy atom. The molecule has 7 heteroatoms. The Morgan fingerprint density at radius 2 is 2.25 bits per heavy atom. The Bertz CT molecular complexity index is 527. The molecule has 1 amide bonds. The first kappa shape index (κ1) is 14.1. The minimum Gasteiger partial charge on any atom is -0.507 e. The van der Waals surface area contributed by atoms with Gasteiger partial charge in [-0.3, -0.25) is 4.79 Å². The number of phenols is 1. The molecule has 1 heterocycles. The Labute approximate surface area is 115 Å². The minimum absolute atomic E-state index is 0.0558. The summed E-state index contributed by atoms with van der Waals surface area (Å²) in [6.07, 6.45) is 1.37. The molecule has 1 saturated heterocycles. The molecule has 0 radical (unpaired) electrons. The van der Waals surface area contributed by atoms with E-state index in [1.165, 1.54) is 17.0 Å². The van der Waals surface area contributed by atoms with Crippen molar-refractivity contribution >= 4 is 11.7 Å². The first-order chi connectivity index (χ1) is 9.54. The van der Waals surface area contributed by atoms with Crippen LogP contribution in [-0.2, 0) is 0 Å². The molecule has 0 spiro atoms. The lowest BCUT2D eigenvalue weighted by atomic mass is 9.96. The molecule has 20 heavy (non-hydrogen) atoms. The zero-order chi connectivity index (χ0) is 14.7. The van der Waals surface area contributed by atoms with E-state index in [9.17, 15) is 14.3 Å². The number of benzene rings is 1. The number of nitrogens with two attached hydrogens (primary N) is 1. The van der Waals surface area contributed by atoms with E-state index < -0.39 is 11.7 Å². The summed E-state index contributed by atoms with van der Waals surface area (Å²) >= 11 is 0. The van der Waals surface area contributed by atoms with Crippen LogP contribution in [0.1, 0.15) is 23.2 Å². The van der Waals surface area contributed by atoms with Crippen molar-refractivity contribution in [1.29, 1.82) is 0 Å². The van der Waals surface area contributed by atoms with Crippen molar-refractivity contribution in [2.24, 2.45) is 16.8 Å². The van der Waals surface area contributed by atoms with E-state index in [-0.39, 0.29) is 29.6 Å². The Morgan fingerprint density at radius 3 is 2.90 bits per heavy atom. The van der Waals surface area contributed by atoms with Gasteiger partial charge in [0.2, 0.25) is 0 Å². The maximum atomic E-state index is 13.7. The third-order valence-electron chi connectivity index (χ3n) is 3.45. The molecule has 6 nitrogen and oxygen atoms in total. The van der Waals surface area contributed by atoms with Crippen molar-refractivity contribution in [3.63, 3.8) is 0 Å². The molecule has 0 aliphatic carbocycles. The topological polar surface area (TPSA) is 99.2 Å². The van der Waals surface area contributed by atoms with Gasteiger partial charge in [-0.2, -0.15) is 0 Å². The van der Waals surface area contributed by atoms with E-state index in [0.717, 1.165) is 6.07 Å². The number of hydrogen-bond acceptors (Lipinski definition) is 4. The average Bonchev–Trinajstić information content (AvgIpc) is 2.46. The summed E-state index contributed by atoms with van der Waals surface area (Å²) in [5.41, 5.74) is 5.21. The molecule has 1 aromatic rings. The highest BCUT2D eigenvalue weighted by molar-refractivity contribution is 5.97. The predicted octanol–water partition coefficient (Wildman–Crippen LogP) is 1.13. The van der Waals surface area contributed by atoms with E-state index >= 15 is 0 Å². The third kappa shape index (κ3) is 2.66. The van der Waals surface area contributed by atoms with Gasteiger partial charge in [-0.1, -0.05) is 11.2 Å². The standard InChI is InChI=1S/C13H16FN3O3/c14-9-4-1-5-10(18)11(9)13(19)17-6-2-3-8(7-17)12(15)16-20/h1,4-5,8,18,20H,2-3,6-7H2,(H2,15,16). The van der Waals surface area contributed by atoms with Crippen molar-refractivity contribution in [1.82, 2.24) is 4.90 Å². The number of phenolic OH excluding ortho intramolecular Hbond substituents is 1. The van der Waals surface area contributed by atoms with Crippen LogP contribution in [0.5, 0.6) is 5.75 Å². The molecular weight excluding hydrogens is 265 g/mol. The highest BCUT2D eigenvalue weighted by Gasteiger charge is 2.29. The highest BCUT2D eigenvalue weighted by atomic mass is 19.1. The second kappa shape index (κ2) is 5.77. The first-order valence-corrected chi connectivity index (χ1v) is 6.28. The first-order valence-electron chi connectivity index (χ1n) is 6.28. The molecular formula is C13H16FN3O3. The Balaban J connectivity index is 2.21. The summed E-state index contributed by atoms with van der Waals surface area (Å²) in [6, 6.07) is 3.72. The molecule has 1 unspecified atom stereocenters. The number of nitrogens with zero attached hydrogens (tertiary/aromatic N) is 2. The zero-order valence-corrected chi connectivity index (χ0v) is 10.8. The van der Waals surface area contributed by atoms with Crippen molar-refractivity contribution in [2.45, 2.75) is 12.8 Å². The lowest BCUT2D eigenvalue weighted by Gasteiger charge is -2.32. The zero-order valence-electron chi connectivity index (χ0n) is 10.8. The van der Waals surface area contributed by atoms with Gasteiger partial charge in [0.05, 0.1) is 0 Å². The van der Waals surface area contributed by atoms with E-state index in [1.54, 1.807) is 0 Å². The maximum absolute atomic E-state index is 13.7. The summed E-state index contributed by atoms with van der Waals surface area (Å²) in [7, 11) is 0. The highest BCUT2D eigenvalue weighted by Crippen LogP contribution is 2.25. The smallest absolute Gasteiger partial charge is 0.260 e. The van der Waals surface area contributed by atoms with Crippen molar-refractivity contribution in [2.75, 3.05) is 13.1 Å². The SMILES string of the molecule is N/C(=N/O)C1CCCN(C(=O)c2c(O)cccc2F)C1. The average molecular weight is 281 g/mol. The summed E-state index contributed by atoms with van der Waals surface area (Å²) in [6.45, 7) is 0.685. The number of piperidine rings is 1. The van der Waals surface area contributed by atoms with E-state index in [0.29, 0.717) is 19.4 Å². The normalized spacial score (nSPS) is 19.9. The van der Waals surface area contributed by atoms with Crippen LogP contribution in [0, 0.1) is 11.7 Å². The van der Waals surface area contributed by atoms with Gasteiger partial charge in [0.25, 0.3) is 5.91 Å². The van der Waals surface area contributed by atoms with Crippen molar-refractivity contribution in [3.8, 4) is 5.75 Å². The third-order valence-corrected chi connectivity index (χ3v) is 3.45. The number of aromatic hydroxyl groups is 1. The number of rotatable bonds is 2. The van der Waals surface area contributed by atoms with Crippen LogP contribution in [0.2, 0.25) is 0 Å². The largest absolute Gasteiger partial charge is 0.507 e. The monoisotopic (exact) mass is 281 g/mol. The van der Waals surface area contributed by atoms with Gasteiger partial charge in [-0.05, 0) is 25.0 Å². The number of amidine groups is 1. The van der Waals surface area contributed by atoms with E-state index in [2.05, 4.69) is 5.16 Å². The lowest BCUT2D eigenvalue weighted by molar-refractivity contribution is 0.0693. The summed E-state index contributed by atoms with van der Waals surface area (Å²) in [5, 5.41) is 21.3. The molecule has 108 valence electrons. The minimum atomic E-state index is -0.763. The number of hydrogen-bond donors (Lipinski definition) is 3. The van der Waals surface area contributed by atoms with Crippen LogP contribution in [-0.4, -0.2) is 40.0 Å². The fraction of sp³-hybridized carbons (Fsp3) is 0.385. The van der Waals surface area contributed by atoms with Crippen LogP contribution in [0.25, 0.3) is 0 Å². The van der Waals surface area contributed by atoms with Crippen LogP contribution in [0.15, 0.2) is 23.4 Å². The lowest BCUT2D eigenvalue weighted by Crippen LogP contribution is -2.44. The predicted molar refractivity (Wildman–Crippen MR) is 70.1 cm³/mol. The van der Waals surface area contributed by atoms with Gasteiger partial charge >= 0.3 is 0 Å². The number of likely N-dealkylation sites (tertiary alicyclic amines) is 1. The molecule has 1 aliphatic heterocycles. The molecule has 0 bridgehead atoms. The van der Waals surface area contributed by atoms with Crippen molar-refractivity contribution in [3.05, 3.63) is 29.6 Å². The van der Waals surface area contributed by atoms with Gasteiger partial charge in [0, 0.05) is 19.0 Å².